The number of rotatable bonds is 2. The molecule has 1 aromatic rings. The predicted molar refractivity (Wildman–Crippen MR) is 54.6 cm³/mol. The summed E-state index contributed by atoms with van der Waals surface area (Å²) >= 11 is 3.27. The van der Waals surface area contributed by atoms with Crippen molar-refractivity contribution < 1.29 is 9.53 Å². The van der Waals surface area contributed by atoms with Crippen molar-refractivity contribution in [2.45, 2.75) is 6.92 Å². The first-order valence-corrected chi connectivity index (χ1v) is 4.62. The van der Waals surface area contributed by atoms with Gasteiger partial charge < -0.3 is 4.74 Å². The Labute approximate surface area is 85.3 Å². The van der Waals surface area contributed by atoms with Crippen LogP contribution in [-0.4, -0.2) is 5.97 Å². The highest BCUT2D eigenvalue weighted by Gasteiger charge is 2.02. The lowest BCUT2D eigenvalue weighted by Gasteiger charge is -2.02. The minimum atomic E-state index is -0.366. The Balaban J connectivity index is 2.74. The van der Waals surface area contributed by atoms with Gasteiger partial charge in [-0.3, -0.25) is 0 Å². The van der Waals surface area contributed by atoms with Gasteiger partial charge in [0.1, 0.15) is 5.75 Å². The van der Waals surface area contributed by atoms with Crippen molar-refractivity contribution in [2.75, 3.05) is 0 Å². The van der Waals surface area contributed by atoms with Crippen molar-refractivity contribution in [1.29, 1.82) is 0 Å². The largest absolute Gasteiger partial charge is 0.422 e. The highest BCUT2D eigenvalue weighted by atomic mass is 79.9. The van der Waals surface area contributed by atoms with Gasteiger partial charge in [-0.15, -0.1) is 0 Å². The van der Waals surface area contributed by atoms with Gasteiger partial charge in [0, 0.05) is 6.08 Å². The first-order valence-electron chi connectivity index (χ1n) is 3.83. The maximum atomic E-state index is 11.0. The Kier molecular flexibility index (Phi) is 3.71. The first-order chi connectivity index (χ1) is 6.24. The third-order valence-corrected chi connectivity index (χ3v) is 2.01. The minimum absolute atomic E-state index is 0.366. The zero-order chi connectivity index (χ0) is 9.68. The summed E-state index contributed by atoms with van der Waals surface area (Å²) in [4.78, 5) is 11.0. The van der Waals surface area contributed by atoms with Gasteiger partial charge in [0.25, 0.3) is 0 Å². The number of ether oxygens (including phenoxy) is 1. The molecule has 0 spiro atoms. The highest BCUT2D eigenvalue weighted by Crippen LogP contribution is 2.23. The smallest absolute Gasteiger partial charge is 0.335 e. The number of benzene rings is 1. The van der Waals surface area contributed by atoms with Crippen LogP contribution >= 0.6 is 15.9 Å². The molecule has 0 atom stereocenters. The van der Waals surface area contributed by atoms with Gasteiger partial charge in [0.15, 0.2) is 0 Å². The fourth-order valence-corrected chi connectivity index (χ4v) is 1.17. The van der Waals surface area contributed by atoms with Crippen molar-refractivity contribution >= 4 is 21.9 Å². The molecule has 0 aromatic heterocycles. The molecule has 0 aliphatic carbocycles. The molecule has 0 fully saturated rings. The summed E-state index contributed by atoms with van der Waals surface area (Å²) in [7, 11) is 0. The molecule has 0 bridgehead atoms. The molecule has 0 amide bonds. The van der Waals surface area contributed by atoms with Crippen molar-refractivity contribution in [3.8, 4) is 5.75 Å². The zero-order valence-corrected chi connectivity index (χ0v) is 8.74. The molecule has 68 valence electrons. The molecule has 0 radical (unpaired) electrons. The molecule has 0 N–H and O–H groups in total. The van der Waals surface area contributed by atoms with E-state index in [1.54, 1.807) is 19.1 Å². The molecular formula is C10H9BrO2. The molecule has 0 aliphatic rings. The maximum Gasteiger partial charge on any atom is 0.335 e. The molecule has 2 nitrogen and oxygen atoms in total. The Morgan fingerprint density at radius 2 is 2.15 bits per heavy atom. The normalized spacial score (nSPS) is 10.3. The Morgan fingerprint density at radius 1 is 1.46 bits per heavy atom. The van der Waals surface area contributed by atoms with E-state index in [4.69, 9.17) is 4.74 Å². The van der Waals surface area contributed by atoms with Gasteiger partial charge in [-0.1, -0.05) is 18.2 Å². The summed E-state index contributed by atoms with van der Waals surface area (Å²) in [6.07, 6.45) is 3.01. The lowest BCUT2D eigenvalue weighted by Crippen LogP contribution is -2.03. The second-order valence-electron chi connectivity index (χ2n) is 2.35. The standard InChI is InChI=1S/C10H9BrO2/c1-2-5-10(12)13-9-7-4-3-6-8(9)11/h2-7H,1H3. The average Bonchev–Trinajstić information content (AvgIpc) is 2.09. The monoisotopic (exact) mass is 240 g/mol. The third kappa shape index (κ3) is 3.03. The van der Waals surface area contributed by atoms with E-state index < -0.39 is 0 Å². The number of carbonyl (C=O) groups is 1. The molecule has 1 rings (SSSR count). The fraction of sp³-hybridized carbons (Fsp3) is 0.100. The van der Waals surface area contributed by atoms with Crippen LogP contribution in [0.4, 0.5) is 0 Å². The molecule has 0 aliphatic heterocycles. The van der Waals surface area contributed by atoms with Crippen LogP contribution in [0, 0.1) is 0 Å². The Bertz CT molecular complexity index is 331. The number of halogens is 1. The molecule has 1 aromatic carbocycles. The van der Waals surface area contributed by atoms with E-state index in [0.717, 1.165) is 4.47 Å². The average molecular weight is 241 g/mol. The van der Waals surface area contributed by atoms with Crippen LogP contribution in [0.3, 0.4) is 0 Å². The molecule has 13 heavy (non-hydrogen) atoms. The third-order valence-electron chi connectivity index (χ3n) is 1.35. The van der Waals surface area contributed by atoms with E-state index in [9.17, 15) is 4.79 Å². The Morgan fingerprint density at radius 3 is 2.77 bits per heavy atom. The number of esters is 1. The fourth-order valence-electron chi connectivity index (χ4n) is 0.806. The summed E-state index contributed by atoms with van der Waals surface area (Å²) in [5.41, 5.74) is 0. The number of hydrogen-bond acceptors (Lipinski definition) is 2. The minimum Gasteiger partial charge on any atom is -0.422 e. The molecule has 0 saturated carbocycles. The SMILES string of the molecule is CC=CC(=O)Oc1ccccc1Br. The van der Waals surface area contributed by atoms with Gasteiger partial charge in [-0.2, -0.15) is 0 Å². The van der Waals surface area contributed by atoms with Crippen LogP contribution in [0.2, 0.25) is 0 Å². The highest BCUT2D eigenvalue weighted by molar-refractivity contribution is 9.10. The van der Waals surface area contributed by atoms with E-state index in [1.165, 1.54) is 6.08 Å². The van der Waals surface area contributed by atoms with Gasteiger partial charge in [-0.05, 0) is 35.0 Å². The van der Waals surface area contributed by atoms with Crippen LogP contribution in [0.15, 0.2) is 40.9 Å². The molecular weight excluding hydrogens is 232 g/mol. The van der Waals surface area contributed by atoms with E-state index >= 15 is 0 Å². The number of carbonyl (C=O) groups excluding carboxylic acids is 1. The lowest BCUT2D eigenvalue weighted by molar-refractivity contribution is -0.129. The van der Waals surface area contributed by atoms with Crippen LogP contribution in [0.25, 0.3) is 0 Å². The summed E-state index contributed by atoms with van der Waals surface area (Å²) in [6, 6.07) is 7.21. The second kappa shape index (κ2) is 4.82. The predicted octanol–water partition coefficient (Wildman–Crippen LogP) is 2.93. The summed E-state index contributed by atoms with van der Waals surface area (Å²) in [6.45, 7) is 1.77. The summed E-state index contributed by atoms with van der Waals surface area (Å²) < 4.78 is 5.78. The maximum absolute atomic E-state index is 11.0. The van der Waals surface area contributed by atoms with Gasteiger partial charge >= 0.3 is 5.97 Å². The quantitative estimate of drug-likeness (QED) is 0.452. The topological polar surface area (TPSA) is 26.3 Å². The molecule has 3 heteroatoms. The number of para-hydroxylation sites is 1. The van der Waals surface area contributed by atoms with Crippen LogP contribution < -0.4 is 4.74 Å². The van der Waals surface area contributed by atoms with Gasteiger partial charge in [0.05, 0.1) is 4.47 Å². The Hall–Kier alpha value is -1.09. The van der Waals surface area contributed by atoms with Crippen LogP contribution in [0.5, 0.6) is 5.75 Å². The molecule has 0 saturated heterocycles. The summed E-state index contributed by atoms with van der Waals surface area (Å²) in [5.74, 6) is 0.167. The first kappa shape index (κ1) is 9.99. The van der Waals surface area contributed by atoms with Crippen molar-refractivity contribution in [1.82, 2.24) is 0 Å². The number of allylic oxidation sites excluding steroid dienone is 1. The second-order valence-corrected chi connectivity index (χ2v) is 3.21. The summed E-state index contributed by atoms with van der Waals surface area (Å²) in [5, 5.41) is 0. The molecule has 0 heterocycles. The van der Waals surface area contributed by atoms with Gasteiger partial charge in [0.2, 0.25) is 0 Å². The van der Waals surface area contributed by atoms with E-state index in [2.05, 4.69) is 15.9 Å². The van der Waals surface area contributed by atoms with Crippen molar-refractivity contribution in [3.63, 3.8) is 0 Å². The van der Waals surface area contributed by atoms with E-state index in [0.29, 0.717) is 5.75 Å². The van der Waals surface area contributed by atoms with Crippen molar-refractivity contribution in [3.05, 3.63) is 40.9 Å². The zero-order valence-electron chi connectivity index (χ0n) is 7.16. The van der Waals surface area contributed by atoms with Crippen LogP contribution in [-0.2, 0) is 4.79 Å². The van der Waals surface area contributed by atoms with E-state index in [1.807, 2.05) is 18.2 Å². The van der Waals surface area contributed by atoms with Gasteiger partial charge in [-0.25, -0.2) is 4.79 Å². The van der Waals surface area contributed by atoms with Crippen LogP contribution in [0.1, 0.15) is 6.92 Å². The van der Waals surface area contributed by atoms with E-state index in [-0.39, 0.29) is 5.97 Å². The lowest BCUT2D eigenvalue weighted by atomic mass is 10.3. The van der Waals surface area contributed by atoms with Crippen molar-refractivity contribution in [2.24, 2.45) is 0 Å². The number of hydrogen-bond donors (Lipinski definition) is 0. The molecule has 0 unspecified atom stereocenters.